The molecule has 0 spiro atoms. The highest BCUT2D eigenvalue weighted by Crippen LogP contribution is 2.07. The summed E-state index contributed by atoms with van der Waals surface area (Å²) in [5.41, 5.74) is 1.95. The molecule has 0 saturated heterocycles. The molecule has 128 valence electrons. The molecule has 4 nitrogen and oxygen atoms in total. The van der Waals surface area contributed by atoms with Crippen LogP contribution in [0.15, 0.2) is 48.7 Å². The molecule has 0 atom stereocenters. The number of aromatic nitrogens is 1. The summed E-state index contributed by atoms with van der Waals surface area (Å²) in [6.07, 6.45) is 4.71. The van der Waals surface area contributed by atoms with Gasteiger partial charge in [0.05, 0.1) is 5.56 Å². The second kappa shape index (κ2) is 9.71. The van der Waals surface area contributed by atoms with Crippen molar-refractivity contribution in [2.24, 2.45) is 5.92 Å². The van der Waals surface area contributed by atoms with Gasteiger partial charge in [0.1, 0.15) is 5.82 Å². The average Bonchev–Trinajstić information content (AvgIpc) is 2.60. The van der Waals surface area contributed by atoms with Gasteiger partial charge in [0.15, 0.2) is 0 Å². The van der Waals surface area contributed by atoms with E-state index in [-0.39, 0.29) is 5.91 Å². The van der Waals surface area contributed by atoms with E-state index in [0.717, 1.165) is 31.6 Å². The van der Waals surface area contributed by atoms with Crippen LogP contribution in [0, 0.1) is 5.92 Å². The van der Waals surface area contributed by atoms with E-state index in [4.69, 9.17) is 0 Å². The standard InChI is InChI=1S/C20H27N3O/c1-16(2)12-14-22-20(24)18-10-11-19(23-15-18)21-13-6-9-17-7-4-3-5-8-17/h3-5,7-8,10-11,15-16H,6,9,12-14H2,1-2H3,(H,21,23)(H,22,24). The highest BCUT2D eigenvalue weighted by molar-refractivity contribution is 5.94. The van der Waals surface area contributed by atoms with Gasteiger partial charge in [0.2, 0.25) is 0 Å². The van der Waals surface area contributed by atoms with Gasteiger partial charge >= 0.3 is 0 Å². The smallest absolute Gasteiger partial charge is 0.252 e. The van der Waals surface area contributed by atoms with Crippen LogP contribution in [0.1, 0.15) is 42.6 Å². The molecule has 0 saturated carbocycles. The molecular weight excluding hydrogens is 298 g/mol. The maximum absolute atomic E-state index is 12.0. The van der Waals surface area contributed by atoms with E-state index in [1.165, 1.54) is 5.56 Å². The number of aryl methyl sites for hydroxylation is 1. The zero-order valence-corrected chi connectivity index (χ0v) is 14.6. The topological polar surface area (TPSA) is 54.0 Å². The Balaban J connectivity index is 1.70. The Morgan fingerprint density at radius 1 is 1.08 bits per heavy atom. The van der Waals surface area contributed by atoms with Crippen LogP contribution in [-0.2, 0) is 6.42 Å². The third kappa shape index (κ3) is 6.41. The van der Waals surface area contributed by atoms with Crippen LogP contribution in [0.3, 0.4) is 0 Å². The molecule has 4 heteroatoms. The molecule has 1 amide bonds. The number of rotatable bonds is 9. The summed E-state index contributed by atoms with van der Waals surface area (Å²) >= 11 is 0. The molecule has 0 aliphatic rings. The lowest BCUT2D eigenvalue weighted by Gasteiger charge is -2.08. The van der Waals surface area contributed by atoms with Crippen molar-refractivity contribution in [3.63, 3.8) is 0 Å². The number of pyridine rings is 1. The van der Waals surface area contributed by atoms with Gasteiger partial charge in [-0.15, -0.1) is 0 Å². The lowest BCUT2D eigenvalue weighted by atomic mass is 10.1. The summed E-state index contributed by atoms with van der Waals surface area (Å²) < 4.78 is 0. The number of benzene rings is 1. The van der Waals surface area contributed by atoms with E-state index in [2.05, 4.69) is 53.7 Å². The van der Waals surface area contributed by atoms with Gasteiger partial charge in [0.25, 0.3) is 5.91 Å². The molecule has 0 unspecified atom stereocenters. The van der Waals surface area contributed by atoms with Crippen molar-refractivity contribution < 1.29 is 4.79 Å². The maximum atomic E-state index is 12.0. The maximum Gasteiger partial charge on any atom is 0.252 e. The van der Waals surface area contributed by atoms with Crippen LogP contribution in [0.5, 0.6) is 0 Å². The number of amides is 1. The molecule has 1 aromatic heterocycles. The predicted octanol–water partition coefficient (Wildman–Crippen LogP) is 3.90. The summed E-state index contributed by atoms with van der Waals surface area (Å²) in [6, 6.07) is 14.1. The van der Waals surface area contributed by atoms with Crippen LogP contribution in [0.4, 0.5) is 5.82 Å². The number of hydrogen-bond donors (Lipinski definition) is 2. The first kappa shape index (κ1) is 18.0. The quantitative estimate of drug-likeness (QED) is 0.688. The zero-order chi connectivity index (χ0) is 17.2. The predicted molar refractivity (Wildman–Crippen MR) is 99.3 cm³/mol. The van der Waals surface area contributed by atoms with Crippen molar-refractivity contribution in [3.8, 4) is 0 Å². The lowest BCUT2D eigenvalue weighted by Crippen LogP contribution is -2.25. The molecule has 1 aromatic carbocycles. The van der Waals surface area contributed by atoms with Gasteiger partial charge in [-0.25, -0.2) is 4.98 Å². The number of carbonyl (C=O) groups excluding carboxylic acids is 1. The van der Waals surface area contributed by atoms with Gasteiger partial charge in [-0.3, -0.25) is 4.79 Å². The Bertz CT molecular complexity index is 609. The summed E-state index contributed by atoms with van der Waals surface area (Å²) in [4.78, 5) is 16.3. The summed E-state index contributed by atoms with van der Waals surface area (Å²) in [7, 11) is 0. The largest absolute Gasteiger partial charge is 0.370 e. The minimum absolute atomic E-state index is 0.0567. The lowest BCUT2D eigenvalue weighted by molar-refractivity contribution is 0.0951. The molecule has 2 rings (SSSR count). The van der Waals surface area contributed by atoms with Crippen LogP contribution in [-0.4, -0.2) is 24.0 Å². The first-order valence-corrected chi connectivity index (χ1v) is 8.67. The highest BCUT2D eigenvalue weighted by Gasteiger charge is 2.06. The van der Waals surface area contributed by atoms with E-state index in [1.54, 1.807) is 6.20 Å². The minimum Gasteiger partial charge on any atom is -0.370 e. The van der Waals surface area contributed by atoms with Gasteiger partial charge < -0.3 is 10.6 Å². The molecule has 0 fully saturated rings. The van der Waals surface area contributed by atoms with E-state index >= 15 is 0 Å². The van der Waals surface area contributed by atoms with Gasteiger partial charge in [0, 0.05) is 19.3 Å². The first-order valence-electron chi connectivity index (χ1n) is 8.67. The molecule has 0 aliphatic carbocycles. The fourth-order valence-corrected chi connectivity index (χ4v) is 2.36. The van der Waals surface area contributed by atoms with Crippen molar-refractivity contribution in [3.05, 3.63) is 59.8 Å². The van der Waals surface area contributed by atoms with Crippen molar-refractivity contribution in [1.82, 2.24) is 10.3 Å². The molecule has 0 bridgehead atoms. The van der Waals surface area contributed by atoms with Crippen molar-refractivity contribution in [2.75, 3.05) is 18.4 Å². The highest BCUT2D eigenvalue weighted by atomic mass is 16.1. The zero-order valence-electron chi connectivity index (χ0n) is 14.6. The van der Waals surface area contributed by atoms with Crippen molar-refractivity contribution in [2.45, 2.75) is 33.1 Å². The van der Waals surface area contributed by atoms with Crippen LogP contribution >= 0.6 is 0 Å². The van der Waals surface area contributed by atoms with E-state index in [9.17, 15) is 4.79 Å². The number of anilines is 1. The van der Waals surface area contributed by atoms with E-state index in [0.29, 0.717) is 18.0 Å². The second-order valence-electron chi connectivity index (χ2n) is 6.39. The Morgan fingerprint density at radius 2 is 1.88 bits per heavy atom. The van der Waals surface area contributed by atoms with Crippen LogP contribution in [0.25, 0.3) is 0 Å². The summed E-state index contributed by atoms with van der Waals surface area (Å²) in [5, 5.41) is 6.22. The first-order chi connectivity index (χ1) is 11.6. The molecular formula is C20H27N3O. The SMILES string of the molecule is CC(C)CCNC(=O)c1ccc(NCCCc2ccccc2)nc1. The normalized spacial score (nSPS) is 10.6. The average molecular weight is 325 g/mol. The minimum atomic E-state index is -0.0567. The molecule has 1 heterocycles. The monoisotopic (exact) mass is 325 g/mol. The number of nitrogens with one attached hydrogen (secondary N) is 2. The second-order valence-corrected chi connectivity index (χ2v) is 6.39. The molecule has 2 aromatic rings. The molecule has 0 aliphatic heterocycles. The summed E-state index contributed by atoms with van der Waals surface area (Å²) in [5.74, 6) is 1.34. The van der Waals surface area contributed by atoms with Crippen molar-refractivity contribution >= 4 is 11.7 Å². The molecule has 24 heavy (non-hydrogen) atoms. The fraction of sp³-hybridized carbons (Fsp3) is 0.400. The number of nitrogens with zero attached hydrogens (tertiary/aromatic N) is 1. The van der Waals surface area contributed by atoms with Gasteiger partial charge in [-0.1, -0.05) is 44.2 Å². The number of carbonyl (C=O) groups is 1. The van der Waals surface area contributed by atoms with Gasteiger partial charge in [-0.2, -0.15) is 0 Å². The Labute approximate surface area is 144 Å². The summed E-state index contributed by atoms with van der Waals surface area (Å²) in [6.45, 7) is 5.86. The molecule has 2 N–H and O–H groups in total. The van der Waals surface area contributed by atoms with E-state index < -0.39 is 0 Å². The van der Waals surface area contributed by atoms with Crippen LogP contribution in [0.2, 0.25) is 0 Å². The van der Waals surface area contributed by atoms with E-state index in [1.807, 2.05) is 18.2 Å². The Hall–Kier alpha value is -2.36. The third-order valence-electron chi connectivity index (χ3n) is 3.82. The van der Waals surface area contributed by atoms with Crippen LogP contribution < -0.4 is 10.6 Å². The molecule has 0 radical (unpaired) electrons. The van der Waals surface area contributed by atoms with Crippen molar-refractivity contribution in [1.29, 1.82) is 0 Å². The Morgan fingerprint density at radius 3 is 2.54 bits per heavy atom. The Kier molecular flexibility index (Phi) is 7.27. The fourth-order valence-electron chi connectivity index (χ4n) is 2.36. The third-order valence-corrected chi connectivity index (χ3v) is 3.82. The van der Waals surface area contributed by atoms with Gasteiger partial charge in [-0.05, 0) is 42.9 Å². The number of hydrogen-bond acceptors (Lipinski definition) is 3.